The van der Waals surface area contributed by atoms with E-state index in [4.69, 9.17) is 10.00 Å². The molecule has 0 saturated carbocycles. The predicted molar refractivity (Wildman–Crippen MR) is 113 cm³/mol. The Kier molecular flexibility index (Phi) is 4.92. The highest BCUT2D eigenvalue weighted by atomic mass is 79.9. The third kappa shape index (κ3) is 3.95. The molecule has 1 heterocycles. The van der Waals surface area contributed by atoms with Gasteiger partial charge in [0.25, 0.3) is 0 Å². The van der Waals surface area contributed by atoms with E-state index >= 15 is 0 Å². The fraction of sp³-hybridized carbons (Fsp3) is 0.0455. The number of aryl methyl sites for hydroxylation is 1. The number of ether oxygens (including phenoxy) is 1. The monoisotopic (exact) mass is 430 g/mol. The normalized spacial score (nSPS) is 10.5. The first kappa shape index (κ1) is 18.0. The number of halogens is 1. The SMILES string of the molecule is Cc1cnc(Nc2ccc(C#N)cc2)nc1Oc1ccc2cc(Br)ccc2c1. The number of fused-ring (bicyclic) bond motifs is 1. The van der Waals surface area contributed by atoms with Crippen molar-refractivity contribution in [2.24, 2.45) is 0 Å². The van der Waals surface area contributed by atoms with E-state index in [0.717, 1.165) is 26.5 Å². The van der Waals surface area contributed by atoms with E-state index in [2.05, 4.69) is 43.4 Å². The Morgan fingerprint density at radius 1 is 1.00 bits per heavy atom. The molecular formula is C22H15BrN4O. The summed E-state index contributed by atoms with van der Waals surface area (Å²) < 4.78 is 7.06. The first-order valence-electron chi connectivity index (χ1n) is 8.59. The largest absolute Gasteiger partial charge is 0.439 e. The lowest BCUT2D eigenvalue weighted by atomic mass is 10.1. The van der Waals surface area contributed by atoms with Crippen LogP contribution in [0.1, 0.15) is 11.1 Å². The van der Waals surface area contributed by atoms with Crippen molar-refractivity contribution in [1.29, 1.82) is 5.26 Å². The second-order valence-electron chi connectivity index (χ2n) is 6.25. The molecule has 0 atom stereocenters. The lowest BCUT2D eigenvalue weighted by Crippen LogP contribution is -2.00. The maximum absolute atomic E-state index is 8.89. The Bertz CT molecular complexity index is 1200. The highest BCUT2D eigenvalue weighted by molar-refractivity contribution is 9.10. The Balaban J connectivity index is 1.58. The summed E-state index contributed by atoms with van der Waals surface area (Å²) >= 11 is 3.49. The van der Waals surface area contributed by atoms with Gasteiger partial charge in [-0.15, -0.1) is 0 Å². The molecule has 1 N–H and O–H groups in total. The van der Waals surface area contributed by atoms with Gasteiger partial charge >= 0.3 is 0 Å². The van der Waals surface area contributed by atoms with Crippen LogP contribution in [0, 0.1) is 18.3 Å². The molecule has 0 unspecified atom stereocenters. The van der Waals surface area contributed by atoms with E-state index < -0.39 is 0 Å². The minimum absolute atomic E-state index is 0.426. The molecule has 0 radical (unpaired) electrons. The van der Waals surface area contributed by atoms with Crippen LogP contribution in [0.2, 0.25) is 0 Å². The van der Waals surface area contributed by atoms with Crippen LogP contribution < -0.4 is 10.1 Å². The van der Waals surface area contributed by atoms with Gasteiger partial charge in [-0.2, -0.15) is 10.2 Å². The van der Waals surface area contributed by atoms with Crippen molar-refractivity contribution in [3.05, 3.63) is 82.5 Å². The summed E-state index contributed by atoms with van der Waals surface area (Å²) in [6.07, 6.45) is 1.71. The molecule has 136 valence electrons. The maximum Gasteiger partial charge on any atom is 0.230 e. The first-order chi connectivity index (χ1) is 13.6. The average Bonchev–Trinajstić information content (AvgIpc) is 2.71. The van der Waals surface area contributed by atoms with Gasteiger partial charge in [0.1, 0.15) is 5.75 Å². The summed E-state index contributed by atoms with van der Waals surface area (Å²) in [6, 6.07) is 21.2. The number of nitrogens with zero attached hydrogens (tertiary/aromatic N) is 3. The van der Waals surface area contributed by atoms with Crippen LogP contribution in [0.5, 0.6) is 11.6 Å². The molecule has 0 spiro atoms. The van der Waals surface area contributed by atoms with E-state index in [-0.39, 0.29) is 0 Å². The molecular weight excluding hydrogens is 416 g/mol. The molecule has 3 aromatic carbocycles. The summed E-state index contributed by atoms with van der Waals surface area (Å²) in [6.45, 7) is 1.90. The highest BCUT2D eigenvalue weighted by Crippen LogP contribution is 2.28. The van der Waals surface area contributed by atoms with Gasteiger partial charge < -0.3 is 10.1 Å². The van der Waals surface area contributed by atoms with E-state index in [0.29, 0.717) is 23.1 Å². The van der Waals surface area contributed by atoms with Crippen molar-refractivity contribution in [1.82, 2.24) is 9.97 Å². The molecule has 0 bridgehead atoms. The van der Waals surface area contributed by atoms with Crippen LogP contribution >= 0.6 is 15.9 Å². The molecule has 4 aromatic rings. The summed E-state index contributed by atoms with van der Waals surface area (Å²) in [5.74, 6) is 1.62. The molecule has 0 saturated heterocycles. The van der Waals surface area contributed by atoms with E-state index in [1.54, 1.807) is 18.3 Å². The number of anilines is 2. The third-order valence-corrected chi connectivity index (χ3v) is 4.68. The number of benzene rings is 3. The minimum Gasteiger partial charge on any atom is -0.439 e. The predicted octanol–water partition coefficient (Wildman–Crippen LogP) is 6.11. The van der Waals surface area contributed by atoms with Gasteiger partial charge in [0.15, 0.2) is 0 Å². The molecule has 0 aliphatic rings. The van der Waals surface area contributed by atoms with E-state index in [1.165, 1.54) is 0 Å². The molecule has 0 fully saturated rings. The van der Waals surface area contributed by atoms with Crippen LogP contribution in [0.15, 0.2) is 71.3 Å². The van der Waals surface area contributed by atoms with Crippen LogP contribution in [-0.2, 0) is 0 Å². The number of hydrogen-bond acceptors (Lipinski definition) is 5. The van der Waals surface area contributed by atoms with E-state index in [9.17, 15) is 0 Å². The number of rotatable bonds is 4. The van der Waals surface area contributed by atoms with E-state index in [1.807, 2.05) is 49.4 Å². The fourth-order valence-corrected chi connectivity index (χ4v) is 3.10. The second-order valence-corrected chi connectivity index (χ2v) is 7.17. The minimum atomic E-state index is 0.426. The van der Waals surface area contributed by atoms with Crippen molar-refractivity contribution in [2.45, 2.75) is 6.92 Å². The van der Waals surface area contributed by atoms with Gasteiger partial charge in [-0.1, -0.05) is 28.1 Å². The zero-order chi connectivity index (χ0) is 19.5. The number of hydrogen-bond donors (Lipinski definition) is 1. The molecule has 5 nitrogen and oxygen atoms in total. The summed E-state index contributed by atoms with van der Waals surface area (Å²) in [5.41, 5.74) is 2.23. The van der Waals surface area contributed by atoms with Crippen LogP contribution in [0.3, 0.4) is 0 Å². The quantitative estimate of drug-likeness (QED) is 0.422. The van der Waals surface area contributed by atoms with Crippen molar-refractivity contribution in [2.75, 3.05) is 5.32 Å². The maximum atomic E-state index is 8.89. The van der Waals surface area contributed by atoms with Gasteiger partial charge in [-0.05, 0) is 66.2 Å². The lowest BCUT2D eigenvalue weighted by molar-refractivity contribution is 0.459. The van der Waals surface area contributed by atoms with Crippen molar-refractivity contribution < 1.29 is 4.74 Å². The highest BCUT2D eigenvalue weighted by Gasteiger charge is 2.08. The number of nitrogens with one attached hydrogen (secondary N) is 1. The molecule has 0 aliphatic heterocycles. The van der Waals surface area contributed by atoms with Gasteiger partial charge in [0, 0.05) is 21.9 Å². The van der Waals surface area contributed by atoms with Gasteiger partial charge in [-0.25, -0.2) is 4.98 Å². The standard InChI is InChI=1S/C22H15BrN4O/c1-14-13-25-22(26-19-7-2-15(12-24)3-8-19)27-21(14)28-20-9-5-16-10-18(23)6-4-17(16)11-20/h2-11,13H,1H3,(H,25,26,27). The molecule has 0 amide bonds. The summed E-state index contributed by atoms with van der Waals surface area (Å²) in [5, 5.41) is 14.2. The van der Waals surface area contributed by atoms with Gasteiger partial charge in [-0.3, -0.25) is 0 Å². The van der Waals surface area contributed by atoms with Crippen LogP contribution in [0.4, 0.5) is 11.6 Å². The Morgan fingerprint density at radius 2 is 1.75 bits per heavy atom. The van der Waals surface area contributed by atoms with Gasteiger partial charge in [0.05, 0.1) is 11.6 Å². The first-order valence-corrected chi connectivity index (χ1v) is 9.38. The topological polar surface area (TPSA) is 70.8 Å². The van der Waals surface area contributed by atoms with Crippen molar-refractivity contribution in [3.8, 4) is 17.7 Å². The van der Waals surface area contributed by atoms with Crippen LogP contribution in [-0.4, -0.2) is 9.97 Å². The lowest BCUT2D eigenvalue weighted by Gasteiger charge is -2.11. The van der Waals surface area contributed by atoms with Crippen LogP contribution in [0.25, 0.3) is 10.8 Å². The summed E-state index contributed by atoms with van der Waals surface area (Å²) in [4.78, 5) is 8.79. The molecule has 4 rings (SSSR count). The van der Waals surface area contributed by atoms with Crippen molar-refractivity contribution >= 4 is 38.3 Å². The third-order valence-electron chi connectivity index (χ3n) is 4.18. The molecule has 6 heteroatoms. The Labute approximate surface area is 170 Å². The Morgan fingerprint density at radius 3 is 2.54 bits per heavy atom. The fourth-order valence-electron chi connectivity index (χ4n) is 2.72. The number of aromatic nitrogens is 2. The second kappa shape index (κ2) is 7.67. The average molecular weight is 431 g/mol. The zero-order valence-corrected chi connectivity index (χ0v) is 16.6. The molecule has 28 heavy (non-hydrogen) atoms. The number of nitriles is 1. The van der Waals surface area contributed by atoms with Gasteiger partial charge in [0.2, 0.25) is 11.8 Å². The Hall–Kier alpha value is -3.43. The molecule has 1 aromatic heterocycles. The van der Waals surface area contributed by atoms with Crippen molar-refractivity contribution in [3.63, 3.8) is 0 Å². The zero-order valence-electron chi connectivity index (χ0n) is 15.0. The smallest absolute Gasteiger partial charge is 0.230 e. The molecule has 0 aliphatic carbocycles. The summed E-state index contributed by atoms with van der Waals surface area (Å²) in [7, 11) is 0.